The standard InChI is InChI=1S/C20H18N2O5/c1-2-3-12-26-17-10-6-15(7-11-17)19-21-18(20(23)27-19)13-14-4-8-16(9-5-14)22(24)25/h4-11,13H,2-3,12H2,1H3. The van der Waals surface area contributed by atoms with Crippen LogP contribution in [-0.4, -0.2) is 23.4 Å². The van der Waals surface area contributed by atoms with E-state index in [4.69, 9.17) is 9.47 Å². The van der Waals surface area contributed by atoms with Crippen LogP contribution in [0.3, 0.4) is 0 Å². The summed E-state index contributed by atoms with van der Waals surface area (Å²) in [6.07, 6.45) is 3.58. The zero-order valence-electron chi connectivity index (χ0n) is 14.8. The lowest BCUT2D eigenvalue weighted by molar-refractivity contribution is -0.384. The van der Waals surface area contributed by atoms with Crippen molar-refractivity contribution in [2.45, 2.75) is 19.8 Å². The summed E-state index contributed by atoms with van der Waals surface area (Å²) >= 11 is 0. The SMILES string of the molecule is CCCCOc1ccc(C2=NC(=Cc3ccc([N+](=O)[O-])cc3)C(=O)O2)cc1. The van der Waals surface area contributed by atoms with Crippen molar-refractivity contribution >= 4 is 23.6 Å². The fourth-order valence-electron chi connectivity index (χ4n) is 2.41. The minimum absolute atomic E-state index is 0.0171. The molecule has 0 bridgehead atoms. The maximum absolute atomic E-state index is 12.0. The summed E-state index contributed by atoms with van der Waals surface area (Å²) in [6.45, 7) is 2.76. The van der Waals surface area contributed by atoms with E-state index >= 15 is 0 Å². The molecule has 138 valence electrons. The van der Waals surface area contributed by atoms with Gasteiger partial charge in [0.25, 0.3) is 5.69 Å². The molecule has 7 nitrogen and oxygen atoms in total. The largest absolute Gasteiger partial charge is 0.494 e. The van der Waals surface area contributed by atoms with E-state index in [1.807, 2.05) is 0 Å². The van der Waals surface area contributed by atoms with Crippen molar-refractivity contribution in [2.24, 2.45) is 4.99 Å². The second-order valence-electron chi connectivity index (χ2n) is 5.91. The molecule has 27 heavy (non-hydrogen) atoms. The Morgan fingerprint density at radius 3 is 2.48 bits per heavy atom. The summed E-state index contributed by atoms with van der Waals surface area (Å²) < 4.78 is 10.8. The zero-order valence-corrected chi connectivity index (χ0v) is 14.8. The Labute approximate surface area is 156 Å². The number of nitrogens with zero attached hydrogens (tertiary/aromatic N) is 2. The monoisotopic (exact) mass is 366 g/mol. The van der Waals surface area contributed by atoms with Gasteiger partial charge in [0.2, 0.25) is 5.90 Å². The fraction of sp³-hybridized carbons (Fsp3) is 0.200. The third-order valence-electron chi connectivity index (χ3n) is 3.90. The number of non-ortho nitro benzene ring substituents is 1. The van der Waals surface area contributed by atoms with Crippen LogP contribution in [-0.2, 0) is 9.53 Å². The highest BCUT2D eigenvalue weighted by atomic mass is 16.6. The highest BCUT2D eigenvalue weighted by Gasteiger charge is 2.24. The minimum atomic E-state index is -0.563. The first-order valence-electron chi connectivity index (χ1n) is 8.57. The number of rotatable bonds is 7. The molecule has 0 spiro atoms. The van der Waals surface area contributed by atoms with Crippen molar-refractivity contribution in [1.82, 2.24) is 0 Å². The highest BCUT2D eigenvalue weighted by Crippen LogP contribution is 2.22. The molecule has 3 rings (SSSR count). The Bertz CT molecular complexity index is 899. The van der Waals surface area contributed by atoms with Crippen LogP contribution in [0.2, 0.25) is 0 Å². The lowest BCUT2D eigenvalue weighted by Gasteiger charge is -2.05. The van der Waals surface area contributed by atoms with Crippen LogP contribution in [0.1, 0.15) is 30.9 Å². The third-order valence-corrected chi connectivity index (χ3v) is 3.90. The number of carbonyl (C=O) groups excluding carboxylic acids is 1. The van der Waals surface area contributed by atoms with E-state index in [1.54, 1.807) is 36.4 Å². The molecule has 2 aromatic rings. The van der Waals surface area contributed by atoms with Crippen LogP contribution in [0, 0.1) is 10.1 Å². The molecule has 7 heteroatoms. The van der Waals surface area contributed by atoms with E-state index in [1.165, 1.54) is 18.2 Å². The Balaban J connectivity index is 1.74. The second kappa shape index (κ2) is 8.27. The lowest BCUT2D eigenvalue weighted by Crippen LogP contribution is -2.05. The molecule has 1 aliphatic heterocycles. The van der Waals surface area contributed by atoms with Gasteiger partial charge in [0.15, 0.2) is 5.70 Å². The van der Waals surface area contributed by atoms with Crippen LogP contribution >= 0.6 is 0 Å². The van der Waals surface area contributed by atoms with E-state index < -0.39 is 10.9 Å². The number of nitro benzene ring substituents is 1. The van der Waals surface area contributed by atoms with Gasteiger partial charge in [0, 0.05) is 17.7 Å². The molecular formula is C20H18N2O5. The van der Waals surface area contributed by atoms with Crippen LogP contribution < -0.4 is 4.74 Å². The first-order chi connectivity index (χ1) is 13.1. The van der Waals surface area contributed by atoms with Crippen molar-refractivity contribution in [3.05, 3.63) is 75.5 Å². The maximum Gasteiger partial charge on any atom is 0.363 e. The van der Waals surface area contributed by atoms with Crippen LogP contribution in [0.15, 0.2) is 59.2 Å². The molecule has 0 atom stereocenters. The van der Waals surface area contributed by atoms with Crippen molar-refractivity contribution in [1.29, 1.82) is 0 Å². The fourth-order valence-corrected chi connectivity index (χ4v) is 2.41. The van der Waals surface area contributed by atoms with Crippen LogP contribution in [0.4, 0.5) is 5.69 Å². The number of hydrogen-bond acceptors (Lipinski definition) is 6. The summed E-state index contributed by atoms with van der Waals surface area (Å²) in [5, 5.41) is 10.7. The first-order valence-corrected chi connectivity index (χ1v) is 8.57. The smallest absolute Gasteiger partial charge is 0.363 e. The van der Waals surface area contributed by atoms with Crippen LogP contribution in [0.5, 0.6) is 5.75 Å². The van der Waals surface area contributed by atoms with Gasteiger partial charge >= 0.3 is 5.97 Å². The van der Waals surface area contributed by atoms with Gasteiger partial charge in [-0.1, -0.05) is 13.3 Å². The average molecular weight is 366 g/mol. The van der Waals surface area contributed by atoms with Gasteiger partial charge in [0.05, 0.1) is 11.5 Å². The van der Waals surface area contributed by atoms with Gasteiger partial charge in [-0.25, -0.2) is 9.79 Å². The second-order valence-corrected chi connectivity index (χ2v) is 5.91. The molecule has 0 fully saturated rings. The molecule has 1 heterocycles. The summed E-state index contributed by atoms with van der Waals surface area (Å²) in [5.41, 5.74) is 1.41. The number of cyclic esters (lactones) is 1. The highest BCUT2D eigenvalue weighted by molar-refractivity contribution is 6.12. The van der Waals surface area contributed by atoms with E-state index in [-0.39, 0.29) is 17.3 Å². The predicted octanol–water partition coefficient (Wildman–Crippen LogP) is 4.12. The molecule has 0 amide bonds. The molecule has 0 saturated carbocycles. The summed E-state index contributed by atoms with van der Waals surface area (Å²) in [4.78, 5) is 26.5. The lowest BCUT2D eigenvalue weighted by atomic mass is 10.2. The van der Waals surface area contributed by atoms with Crippen molar-refractivity contribution in [3.8, 4) is 5.75 Å². The molecule has 0 aromatic heterocycles. The Hall–Kier alpha value is -3.48. The van der Waals surface area contributed by atoms with Crippen molar-refractivity contribution in [3.63, 3.8) is 0 Å². The predicted molar refractivity (Wildman–Crippen MR) is 101 cm³/mol. The van der Waals surface area contributed by atoms with E-state index in [2.05, 4.69) is 11.9 Å². The van der Waals surface area contributed by atoms with Crippen molar-refractivity contribution < 1.29 is 19.2 Å². The van der Waals surface area contributed by atoms with Gasteiger partial charge in [-0.15, -0.1) is 0 Å². The number of benzene rings is 2. The molecule has 0 radical (unpaired) electrons. The van der Waals surface area contributed by atoms with E-state index in [0.717, 1.165) is 18.6 Å². The molecule has 1 aliphatic rings. The zero-order chi connectivity index (χ0) is 19.2. The van der Waals surface area contributed by atoms with Gasteiger partial charge in [-0.05, 0) is 54.5 Å². The summed E-state index contributed by atoms with van der Waals surface area (Å²) in [5.74, 6) is 0.402. The van der Waals surface area contributed by atoms with Gasteiger partial charge in [-0.2, -0.15) is 0 Å². The number of carbonyl (C=O) groups is 1. The molecule has 2 aromatic carbocycles. The van der Waals surface area contributed by atoms with Crippen LogP contribution in [0.25, 0.3) is 6.08 Å². The molecule has 0 unspecified atom stereocenters. The number of aliphatic imine (C=N–C) groups is 1. The quantitative estimate of drug-likeness (QED) is 0.242. The van der Waals surface area contributed by atoms with Gasteiger partial charge in [0.1, 0.15) is 5.75 Å². The first kappa shape index (κ1) is 18.3. The number of ether oxygens (including phenoxy) is 2. The van der Waals surface area contributed by atoms with Crippen molar-refractivity contribution in [2.75, 3.05) is 6.61 Å². The maximum atomic E-state index is 12.0. The Morgan fingerprint density at radius 2 is 1.85 bits per heavy atom. The molecule has 0 saturated heterocycles. The number of hydrogen-bond donors (Lipinski definition) is 0. The molecule has 0 aliphatic carbocycles. The molecular weight excluding hydrogens is 348 g/mol. The van der Waals surface area contributed by atoms with Gasteiger partial charge < -0.3 is 9.47 Å². The van der Waals surface area contributed by atoms with E-state index in [0.29, 0.717) is 17.7 Å². The Kier molecular flexibility index (Phi) is 5.61. The number of esters is 1. The molecule has 0 N–H and O–H groups in total. The Morgan fingerprint density at radius 1 is 1.15 bits per heavy atom. The normalized spacial score (nSPS) is 14.8. The minimum Gasteiger partial charge on any atom is -0.494 e. The van der Waals surface area contributed by atoms with Gasteiger partial charge in [-0.3, -0.25) is 10.1 Å². The number of nitro groups is 1. The summed E-state index contributed by atoms with van der Waals surface area (Å²) in [6, 6.07) is 13.0. The third kappa shape index (κ3) is 4.58. The average Bonchev–Trinajstić information content (AvgIpc) is 3.03. The number of unbranched alkanes of at least 4 members (excludes halogenated alkanes) is 1. The topological polar surface area (TPSA) is 91.0 Å². The summed E-state index contributed by atoms with van der Waals surface area (Å²) in [7, 11) is 0. The van der Waals surface area contributed by atoms with E-state index in [9.17, 15) is 14.9 Å².